The molecule has 9 aromatic carbocycles. The fourth-order valence-electron chi connectivity index (χ4n) is 8.97. The fraction of sp³-hybridized carbons (Fsp3) is 0. The predicted molar refractivity (Wildman–Crippen MR) is 231 cm³/mol. The van der Waals surface area contributed by atoms with Crippen LogP contribution < -0.4 is 0 Å². The lowest BCUT2D eigenvalue weighted by atomic mass is 10.00. The van der Waals surface area contributed by atoms with E-state index in [4.69, 9.17) is 4.42 Å². The predicted octanol–water partition coefficient (Wildman–Crippen LogP) is 14.3. The van der Waals surface area contributed by atoms with E-state index < -0.39 is 0 Å². The van der Waals surface area contributed by atoms with Crippen molar-refractivity contribution in [2.24, 2.45) is 0 Å². The van der Waals surface area contributed by atoms with E-state index in [1.54, 1.807) is 0 Å². The van der Waals surface area contributed by atoms with Gasteiger partial charge in [-0.2, -0.15) is 0 Å². The molecule has 3 heterocycles. The first-order valence-corrected chi connectivity index (χ1v) is 18.8. The van der Waals surface area contributed by atoms with Crippen LogP contribution in [0.1, 0.15) is 0 Å². The molecule has 12 aromatic rings. The van der Waals surface area contributed by atoms with Gasteiger partial charge in [-0.25, -0.2) is 0 Å². The maximum absolute atomic E-state index is 6.37. The summed E-state index contributed by atoms with van der Waals surface area (Å²) in [5.74, 6) is 0. The number of benzene rings is 9. The normalized spacial score (nSPS) is 12.0. The Hall–Kier alpha value is -7.36. The zero-order valence-electron chi connectivity index (χ0n) is 29.8. The number of rotatable bonds is 4. The lowest BCUT2D eigenvalue weighted by Gasteiger charge is -2.11. The maximum atomic E-state index is 6.37. The van der Waals surface area contributed by atoms with Crippen molar-refractivity contribution in [3.63, 3.8) is 0 Å². The largest absolute Gasteiger partial charge is 0.456 e. The molecular formula is C52H32N2O. The van der Waals surface area contributed by atoms with E-state index in [1.165, 1.54) is 76.6 Å². The highest BCUT2D eigenvalue weighted by molar-refractivity contribution is 6.18. The van der Waals surface area contributed by atoms with Crippen molar-refractivity contribution in [3.8, 4) is 33.6 Å². The summed E-state index contributed by atoms with van der Waals surface area (Å²) in [6.45, 7) is 0. The van der Waals surface area contributed by atoms with Crippen molar-refractivity contribution in [1.29, 1.82) is 0 Å². The molecule has 3 aromatic heterocycles. The molecule has 0 bridgehead atoms. The van der Waals surface area contributed by atoms with Crippen LogP contribution >= 0.6 is 0 Å². The minimum Gasteiger partial charge on any atom is -0.456 e. The van der Waals surface area contributed by atoms with Gasteiger partial charge >= 0.3 is 0 Å². The van der Waals surface area contributed by atoms with Gasteiger partial charge in [0.05, 0.1) is 33.1 Å². The molecule has 0 atom stereocenters. The number of hydrogen-bond donors (Lipinski definition) is 0. The van der Waals surface area contributed by atoms with Gasteiger partial charge in [0, 0.05) is 32.6 Å². The Balaban J connectivity index is 1.08. The zero-order chi connectivity index (χ0) is 36.0. The quantitative estimate of drug-likeness (QED) is 0.179. The van der Waals surface area contributed by atoms with Crippen LogP contribution in [0.4, 0.5) is 0 Å². The van der Waals surface area contributed by atoms with E-state index in [-0.39, 0.29) is 0 Å². The van der Waals surface area contributed by atoms with Gasteiger partial charge in [-0.3, -0.25) is 0 Å². The van der Waals surface area contributed by atoms with Crippen LogP contribution in [0.3, 0.4) is 0 Å². The Morgan fingerprint density at radius 1 is 0.309 bits per heavy atom. The molecular weight excluding hydrogens is 669 g/mol. The SMILES string of the molecule is c1ccc(-c2cccc(-n3c4ccccc4c4cc(-c5ccc6c(c5)c5cc7ccccc7cc5n6-c5cccc6oc7ccccc7c56)ccc43)c2)cc1. The second kappa shape index (κ2) is 11.6. The molecule has 0 saturated carbocycles. The summed E-state index contributed by atoms with van der Waals surface area (Å²) in [4.78, 5) is 0. The average molecular weight is 701 g/mol. The highest BCUT2D eigenvalue weighted by atomic mass is 16.3. The lowest BCUT2D eigenvalue weighted by Crippen LogP contribution is -1.95. The van der Waals surface area contributed by atoms with Crippen molar-refractivity contribution < 1.29 is 4.42 Å². The van der Waals surface area contributed by atoms with Crippen LogP contribution in [0.25, 0.3) is 110 Å². The molecule has 0 aliphatic rings. The minimum absolute atomic E-state index is 0.894. The van der Waals surface area contributed by atoms with Crippen molar-refractivity contribution >= 4 is 76.3 Å². The minimum atomic E-state index is 0.894. The van der Waals surface area contributed by atoms with Crippen LogP contribution in [0.15, 0.2) is 199 Å². The van der Waals surface area contributed by atoms with E-state index in [1.807, 2.05) is 6.07 Å². The molecule has 0 saturated heterocycles. The number of nitrogens with zero attached hydrogens (tertiary/aromatic N) is 2. The van der Waals surface area contributed by atoms with Gasteiger partial charge in [-0.05, 0) is 106 Å². The third-order valence-electron chi connectivity index (χ3n) is 11.5. The molecule has 3 heteroatoms. The molecule has 55 heavy (non-hydrogen) atoms. The summed E-state index contributed by atoms with van der Waals surface area (Å²) >= 11 is 0. The monoisotopic (exact) mass is 700 g/mol. The Bertz CT molecular complexity index is 3490. The molecule has 0 unspecified atom stereocenters. The summed E-state index contributed by atoms with van der Waals surface area (Å²) < 4.78 is 11.2. The first-order valence-electron chi connectivity index (χ1n) is 18.8. The molecule has 0 amide bonds. The second-order valence-electron chi connectivity index (χ2n) is 14.5. The van der Waals surface area contributed by atoms with Crippen LogP contribution in [0.2, 0.25) is 0 Å². The zero-order valence-corrected chi connectivity index (χ0v) is 29.8. The summed E-state index contributed by atoms with van der Waals surface area (Å²) in [5.41, 5.74) is 13.6. The number of furan rings is 1. The van der Waals surface area contributed by atoms with E-state index >= 15 is 0 Å². The van der Waals surface area contributed by atoms with Gasteiger partial charge in [0.15, 0.2) is 0 Å². The highest BCUT2D eigenvalue weighted by Gasteiger charge is 2.20. The molecule has 256 valence electrons. The summed E-state index contributed by atoms with van der Waals surface area (Å²) in [5, 5.41) is 9.65. The van der Waals surface area contributed by atoms with Crippen LogP contribution in [-0.4, -0.2) is 9.13 Å². The molecule has 0 N–H and O–H groups in total. The van der Waals surface area contributed by atoms with E-state index in [9.17, 15) is 0 Å². The number of para-hydroxylation sites is 2. The van der Waals surface area contributed by atoms with Gasteiger partial charge in [-0.15, -0.1) is 0 Å². The highest BCUT2D eigenvalue weighted by Crippen LogP contribution is 2.42. The molecule has 0 radical (unpaired) electrons. The van der Waals surface area contributed by atoms with Crippen molar-refractivity contribution in [1.82, 2.24) is 9.13 Å². The molecule has 12 rings (SSSR count). The summed E-state index contributed by atoms with van der Waals surface area (Å²) in [7, 11) is 0. The van der Waals surface area contributed by atoms with E-state index in [0.717, 1.165) is 33.3 Å². The van der Waals surface area contributed by atoms with Gasteiger partial charge in [0.1, 0.15) is 11.2 Å². The second-order valence-corrected chi connectivity index (χ2v) is 14.5. The molecule has 3 nitrogen and oxygen atoms in total. The van der Waals surface area contributed by atoms with Crippen LogP contribution in [0.5, 0.6) is 0 Å². The number of hydrogen-bond acceptors (Lipinski definition) is 1. The van der Waals surface area contributed by atoms with Crippen molar-refractivity contribution in [3.05, 3.63) is 194 Å². The average Bonchev–Trinajstić information content (AvgIpc) is 3.90. The van der Waals surface area contributed by atoms with Gasteiger partial charge < -0.3 is 13.6 Å². The van der Waals surface area contributed by atoms with Gasteiger partial charge in [0.2, 0.25) is 0 Å². The Morgan fingerprint density at radius 2 is 0.891 bits per heavy atom. The lowest BCUT2D eigenvalue weighted by molar-refractivity contribution is 0.669. The topological polar surface area (TPSA) is 23.0 Å². The third-order valence-corrected chi connectivity index (χ3v) is 11.5. The van der Waals surface area contributed by atoms with E-state index in [2.05, 4.69) is 197 Å². The van der Waals surface area contributed by atoms with Gasteiger partial charge in [-0.1, -0.05) is 121 Å². The summed E-state index contributed by atoms with van der Waals surface area (Å²) in [6.07, 6.45) is 0. The Labute approximate surface area is 316 Å². The van der Waals surface area contributed by atoms with Crippen molar-refractivity contribution in [2.75, 3.05) is 0 Å². The summed E-state index contributed by atoms with van der Waals surface area (Å²) in [6, 6.07) is 70.3. The number of aromatic nitrogens is 2. The van der Waals surface area contributed by atoms with Crippen LogP contribution in [0, 0.1) is 0 Å². The molecule has 0 spiro atoms. The Kier molecular flexibility index (Phi) is 6.34. The van der Waals surface area contributed by atoms with Crippen LogP contribution in [-0.2, 0) is 0 Å². The van der Waals surface area contributed by atoms with Gasteiger partial charge in [0.25, 0.3) is 0 Å². The fourth-order valence-corrected chi connectivity index (χ4v) is 8.97. The Morgan fingerprint density at radius 3 is 1.73 bits per heavy atom. The van der Waals surface area contributed by atoms with Crippen molar-refractivity contribution in [2.45, 2.75) is 0 Å². The smallest absolute Gasteiger partial charge is 0.137 e. The molecule has 0 aliphatic heterocycles. The third kappa shape index (κ3) is 4.50. The molecule has 0 fully saturated rings. The van der Waals surface area contributed by atoms with E-state index in [0.29, 0.717) is 0 Å². The standard InChI is InChI=1S/C52H32N2O/c1-2-12-33(13-3-1)34-16-10-17-39(28-34)53-45-20-8-6-18-40(45)42-30-37(24-26-46(42)53)38-25-27-47-43(31-38)44-29-35-14-4-5-15-36(35)32-49(44)54(47)48-21-11-23-51-52(48)41-19-7-9-22-50(41)55-51/h1-32H. The number of fused-ring (bicyclic) bond motifs is 10. The first-order chi connectivity index (χ1) is 27.3. The molecule has 0 aliphatic carbocycles. The first kappa shape index (κ1) is 30.1. The maximum Gasteiger partial charge on any atom is 0.137 e.